The van der Waals surface area contributed by atoms with Crippen molar-refractivity contribution in [3.63, 3.8) is 0 Å². The van der Waals surface area contributed by atoms with E-state index in [0.29, 0.717) is 0 Å². The molecule has 4 heteroatoms. The molecule has 1 spiro atoms. The van der Waals surface area contributed by atoms with Crippen molar-refractivity contribution in [1.82, 2.24) is 0 Å². The van der Waals surface area contributed by atoms with E-state index in [1.807, 2.05) is 18.2 Å². The van der Waals surface area contributed by atoms with Crippen molar-refractivity contribution in [2.24, 2.45) is 0 Å². The molecule has 0 atom stereocenters. The quantitative estimate of drug-likeness (QED) is 0.182. The monoisotopic (exact) mass is 750 g/mol. The Morgan fingerprint density at radius 2 is 0.979 bits per heavy atom. The van der Waals surface area contributed by atoms with Crippen LogP contribution in [0.2, 0.25) is 0 Å². The fraction of sp³-hybridized carbons (Fsp3) is 0.0909. The highest BCUT2D eigenvalue weighted by Gasteiger charge is 2.47. The molecule has 0 fully saturated rings. The van der Waals surface area contributed by atoms with Gasteiger partial charge in [0.25, 0.3) is 0 Å². The summed E-state index contributed by atoms with van der Waals surface area (Å²) in [7, 11) is 0. The first-order valence-corrected chi connectivity index (χ1v) is 17.4. The molecule has 0 radical (unpaired) electrons. The summed E-state index contributed by atoms with van der Waals surface area (Å²) < 4.78 is 2.33. The lowest BCUT2D eigenvalue weighted by Crippen LogP contribution is -2.25. The highest BCUT2D eigenvalue weighted by atomic mass is 79.9. The van der Waals surface area contributed by atoms with E-state index >= 15 is 0 Å². The number of hydrogen-bond donors (Lipinski definition) is 1. The van der Waals surface area contributed by atoms with Gasteiger partial charge in [0.1, 0.15) is 0 Å². The van der Waals surface area contributed by atoms with E-state index in [0.717, 1.165) is 35.6 Å². The Hall–Kier alpha value is -4.64. The highest BCUT2D eigenvalue weighted by Crippen LogP contribution is 2.56. The molecule has 0 bridgehead atoms. The van der Waals surface area contributed by atoms with Crippen LogP contribution in [0.3, 0.4) is 0 Å². The van der Waals surface area contributed by atoms with Gasteiger partial charge >= 0.3 is 0 Å². The minimum Gasteiger partial charge on any atom is -0.399 e. The van der Waals surface area contributed by atoms with Crippen LogP contribution < -0.4 is 10.6 Å². The molecule has 2 N–H and O–H groups in total. The number of benzene rings is 7. The lowest BCUT2D eigenvalue weighted by atomic mass is 9.76. The van der Waals surface area contributed by atoms with Crippen molar-refractivity contribution in [2.75, 3.05) is 10.6 Å². The number of rotatable bonds is 3. The zero-order chi connectivity index (χ0) is 32.0. The molecule has 2 nitrogen and oxygen atoms in total. The van der Waals surface area contributed by atoms with Crippen LogP contribution in [-0.4, -0.2) is 0 Å². The summed E-state index contributed by atoms with van der Waals surface area (Å²) in [5.41, 5.74) is 18.8. The number of hydrogen-bond acceptors (Lipinski definition) is 2. The molecule has 0 saturated carbocycles. The molecule has 0 amide bonds. The van der Waals surface area contributed by atoms with Crippen LogP contribution in [0.15, 0.2) is 167 Å². The van der Waals surface area contributed by atoms with Crippen molar-refractivity contribution in [3.8, 4) is 11.1 Å². The van der Waals surface area contributed by atoms with Crippen molar-refractivity contribution in [2.45, 2.75) is 25.7 Å². The second-order valence-corrected chi connectivity index (χ2v) is 14.2. The lowest BCUT2D eigenvalue weighted by Gasteiger charge is -2.27. The first kappa shape index (κ1) is 31.9. The van der Waals surface area contributed by atoms with E-state index in [2.05, 4.69) is 176 Å². The van der Waals surface area contributed by atoms with Crippen LogP contribution in [0.25, 0.3) is 21.9 Å². The third-order valence-corrected chi connectivity index (χ3v) is 10.5. The van der Waals surface area contributed by atoms with Gasteiger partial charge in [-0.3, -0.25) is 0 Å². The van der Waals surface area contributed by atoms with Gasteiger partial charge in [0.05, 0.1) is 0 Å². The van der Waals surface area contributed by atoms with E-state index < -0.39 is 0 Å². The minimum absolute atomic E-state index is 0. The lowest BCUT2D eigenvalue weighted by molar-refractivity contribution is 0.563. The van der Waals surface area contributed by atoms with Gasteiger partial charge < -0.3 is 10.6 Å². The van der Waals surface area contributed by atoms with Gasteiger partial charge in [-0.2, -0.15) is 0 Å². The largest absolute Gasteiger partial charge is 0.399 e. The summed E-state index contributed by atoms with van der Waals surface area (Å²) in [6.45, 7) is 0. The predicted molar refractivity (Wildman–Crippen MR) is 212 cm³/mol. The highest BCUT2D eigenvalue weighted by molar-refractivity contribution is 9.10. The second kappa shape index (κ2) is 13.1. The Kier molecular flexibility index (Phi) is 8.72. The average Bonchev–Trinajstić information content (AvgIpc) is 3.61. The molecule has 236 valence electrons. The SMILES string of the molecule is Brc1ccc2c(c1)C1(Cc3ccccc3C1)c1cc(Br)ccc1-2.C.Nc1ccc(N(c2ccccc2)c2ccc3ccccc3c2)cc1. The van der Waals surface area contributed by atoms with Crippen molar-refractivity contribution < 1.29 is 0 Å². The maximum Gasteiger partial charge on any atom is 0.0468 e. The van der Waals surface area contributed by atoms with E-state index in [1.165, 1.54) is 53.1 Å². The molecular weight excluding hydrogens is 716 g/mol. The van der Waals surface area contributed by atoms with Crippen LogP contribution in [0.4, 0.5) is 22.7 Å². The average molecular weight is 753 g/mol. The first-order valence-electron chi connectivity index (χ1n) is 15.9. The number of fused-ring (bicyclic) bond motifs is 7. The smallest absolute Gasteiger partial charge is 0.0468 e. The summed E-state index contributed by atoms with van der Waals surface area (Å²) >= 11 is 7.36. The van der Waals surface area contributed by atoms with Crippen LogP contribution in [0.1, 0.15) is 29.7 Å². The van der Waals surface area contributed by atoms with Gasteiger partial charge in [-0.25, -0.2) is 0 Å². The Morgan fingerprint density at radius 3 is 1.58 bits per heavy atom. The normalized spacial score (nSPS) is 13.1. The van der Waals surface area contributed by atoms with E-state index in [-0.39, 0.29) is 12.8 Å². The first-order chi connectivity index (χ1) is 23.0. The summed E-state index contributed by atoms with van der Waals surface area (Å²) in [5.74, 6) is 0. The van der Waals surface area contributed by atoms with Gasteiger partial charge in [0.2, 0.25) is 0 Å². The number of para-hydroxylation sites is 1. The molecule has 0 heterocycles. The standard InChI is InChI=1S/C22H18N2.C21H14Br2.CH4/c23-19-11-14-21(15-12-19)24(20-8-2-1-3-9-20)22-13-10-17-6-4-5-7-18(17)16-22;22-15-5-7-17-18-8-6-16(23)10-20(18)21(19(17)9-15)11-13-3-1-2-4-14(13)12-21;/h1-16H,23H2;1-10H,11-12H2;1H4. The number of nitrogens with two attached hydrogens (primary N) is 1. The fourth-order valence-corrected chi connectivity index (χ4v) is 8.12. The van der Waals surface area contributed by atoms with E-state index in [9.17, 15) is 0 Å². The van der Waals surface area contributed by atoms with Gasteiger partial charge in [0, 0.05) is 37.1 Å². The minimum atomic E-state index is 0. The van der Waals surface area contributed by atoms with Gasteiger partial charge in [-0.15, -0.1) is 0 Å². The molecule has 0 aliphatic heterocycles. The van der Waals surface area contributed by atoms with E-state index in [1.54, 1.807) is 0 Å². The molecule has 0 unspecified atom stereocenters. The summed E-state index contributed by atoms with van der Waals surface area (Å²) in [5, 5.41) is 2.47. The number of halogens is 2. The third kappa shape index (κ3) is 5.74. The molecule has 7 aromatic carbocycles. The van der Waals surface area contributed by atoms with Gasteiger partial charge in [-0.05, 0) is 130 Å². The summed E-state index contributed by atoms with van der Waals surface area (Å²) in [4.78, 5) is 2.24. The Bertz CT molecular complexity index is 2160. The van der Waals surface area contributed by atoms with Crippen molar-refractivity contribution >= 4 is 65.4 Å². The molecule has 48 heavy (non-hydrogen) atoms. The maximum atomic E-state index is 5.86. The number of anilines is 4. The molecule has 2 aliphatic carbocycles. The van der Waals surface area contributed by atoms with Gasteiger partial charge in [0.15, 0.2) is 0 Å². The van der Waals surface area contributed by atoms with Crippen LogP contribution >= 0.6 is 31.9 Å². The molecule has 9 rings (SSSR count). The zero-order valence-corrected chi connectivity index (χ0v) is 28.9. The Morgan fingerprint density at radius 1 is 0.479 bits per heavy atom. The summed E-state index contributed by atoms with van der Waals surface area (Å²) in [6.07, 6.45) is 2.19. The topological polar surface area (TPSA) is 29.3 Å². The van der Waals surface area contributed by atoms with Crippen LogP contribution in [-0.2, 0) is 18.3 Å². The number of nitrogen functional groups attached to an aromatic ring is 1. The molecular formula is C44H36Br2N2. The molecule has 7 aromatic rings. The van der Waals surface area contributed by atoms with E-state index in [4.69, 9.17) is 5.73 Å². The Labute approximate surface area is 300 Å². The molecule has 0 saturated heterocycles. The molecule has 2 aliphatic rings. The predicted octanol–water partition coefficient (Wildman–Crippen LogP) is 12.8. The maximum absolute atomic E-state index is 5.86. The second-order valence-electron chi connectivity index (χ2n) is 12.4. The molecule has 0 aromatic heterocycles. The fourth-order valence-electron chi connectivity index (χ4n) is 7.40. The van der Waals surface area contributed by atoms with Crippen LogP contribution in [0, 0.1) is 0 Å². The number of nitrogens with zero attached hydrogens (tertiary/aromatic N) is 1. The zero-order valence-electron chi connectivity index (χ0n) is 25.7. The third-order valence-electron chi connectivity index (χ3n) is 9.54. The van der Waals surface area contributed by atoms with Gasteiger partial charge in [-0.1, -0.05) is 124 Å². The van der Waals surface area contributed by atoms with Crippen molar-refractivity contribution in [3.05, 3.63) is 189 Å². The summed E-state index contributed by atoms with van der Waals surface area (Å²) in [6, 6.07) is 55.7. The van der Waals surface area contributed by atoms with Crippen molar-refractivity contribution in [1.29, 1.82) is 0 Å². The Balaban J connectivity index is 0.000000149. The van der Waals surface area contributed by atoms with Crippen LogP contribution in [0.5, 0.6) is 0 Å².